The highest BCUT2D eigenvalue weighted by Crippen LogP contribution is 2.20. The first-order valence-corrected chi connectivity index (χ1v) is 12.5. The second kappa shape index (κ2) is 12.6. The van der Waals surface area contributed by atoms with Crippen LogP contribution in [0, 0.1) is 5.92 Å². The zero-order valence-electron chi connectivity index (χ0n) is 19.3. The lowest BCUT2D eigenvalue weighted by Crippen LogP contribution is -2.35. The van der Waals surface area contributed by atoms with E-state index in [0.717, 1.165) is 11.1 Å². The van der Waals surface area contributed by atoms with E-state index in [0.29, 0.717) is 0 Å². The van der Waals surface area contributed by atoms with Gasteiger partial charge in [-0.1, -0.05) is 60.7 Å². The van der Waals surface area contributed by atoms with E-state index in [-0.39, 0.29) is 36.8 Å². The van der Waals surface area contributed by atoms with E-state index in [1.165, 1.54) is 24.3 Å². The Morgan fingerprint density at radius 2 is 1.46 bits per heavy atom. The lowest BCUT2D eigenvalue weighted by molar-refractivity contribution is -0.147. The molecule has 1 N–H and O–H groups in total. The van der Waals surface area contributed by atoms with Crippen LogP contribution in [0.2, 0.25) is 0 Å². The van der Waals surface area contributed by atoms with Crippen molar-refractivity contribution in [3.8, 4) is 5.75 Å². The maximum Gasteiger partial charge on any atom is 0.407 e. The van der Waals surface area contributed by atoms with Crippen LogP contribution in [0.25, 0.3) is 0 Å². The number of hydrogen-bond acceptors (Lipinski definition) is 7. The van der Waals surface area contributed by atoms with Gasteiger partial charge in [0.05, 0.1) is 12.5 Å². The van der Waals surface area contributed by atoms with Gasteiger partial charge in [-0.15, -0.1) is 0 Å². The quantitative estimate of drug-likeness (QED) is 0.314. The van der Waals surface area contributed by atoms with E-state index in [1.54, 1.807) is 37.3 Å². The first-order chi connectivity index (χ1) is 16.9. The van der Waals surface area contributed by atoms with E-state index >= 15 is 0 Å². The van der Waals surface area contributed by atoms with E-state index in [2.05, 4.69) is 5.32 Å². The topological polar surface area (TPSA) is 108 Å². The van der Waals surface area contributed by atoms with Gasteiger partial charge in [-0.3, -0.25) is 4.79 Å². The molecule has 0 aliphatic rings. The summed E-state index contributed by atoms with van der Waals surface area (Å²) in [4.78, 5) is 24.6. The molecule has 1 atom stereocenters. The van der Waals surface area contributed by atoms with Crippen LogP contribution >= 0.6 is 0 Å². The minimum atomic E-state index is -3.95. The Labute approximate surface area is 205 Å². The molecule has 9 heteroatoms. The summed E-state index contributed by atoms with van der Waals surface area (Å²) in [5, 5.41) is 2.61. The maximum atomic E-state index is 12.4. The summed E-state index contributed by atoms with van der Waals surface area (Å²) in [6, 6.07) is 23.4. The first kappa shape index (κ1) is 25.8. The molecule has 8 nitrogen and oxygen atoms in total. The average Bonchev–Trinajstić information content (AvgIpc) is 2.87. The molecule has 0 spiro atoms. The predicted octanol–water partition coefficient (Wildman–Crippen LogP) is 4.10. The van der Waals surface area contributed by atoms with Crippen molar-refractivity contribution in [2.75, 3.05) is 13.2 Å². The van der Waals surface area contributed by atoms with Gasteiger partial charge in [0, 0.05) is 6.54 Å². The van der Waals surface area contributed by atoms with Gasteiger partial charge >= 0.3 is 22.2 Å². The van der Waals surface area contributed by atoms with Crippen molar-refractivity contribution < 1.29 is 31.7 Å². The Hall–Kier alpha value is -3.85. The summed E-state index contributed by atoms with van der Waals surface area (Å²) in [5.41, 5.74) is 1.59. The Morgan fingerprint density at radius 1 is 0.829 bits per heavy atom. The second-order valence-electron chi connectivity index (χ2n) is 7.59. The molecule has 0 fully saturated rings. The van der Waals surface area contributed by atoms with E-state index in [1.807, 2.05) is 30.3 Å². The van der Waals surface area contributed by atoms with Crippen LogP contribution in [-0.4, -0.2) is 33.6 Å². The molecule has 0 bridgehead atoms. The van der Waals surface area contributed by atoms with Crippen molar-refractivity contribution in [1.82, 2.24) is 5.32 Å². The number of carbonyl (C=O) groups is 2. The molecule has 184 valence electrons. The Balaban J connectivity index is 1.58. The second-order valence-corrected chi connectivity index (χ2v) is 9.14. The van der Waals surface area contributed by atoms with Crippen LogP contribution in [0.1, 0.15) is 18.1 Å². The summed E-state index contributed by atoms with van der Waals surface area (Å²) < 4.78 is 40.3. The molecule has 0 saturated heterocycles. The van der Waals surface area contributed by atoms with Gasteiger partial charge in [0.1, 0.15) is 17.3 Å². The van der Waals surface area contributed by atoms with Crippen molar-refractivity contribution in [2.45, 2.75) is 24.8 Å². The summed E-state index contributed by atoms with van der Waals surface area (Å²) in [6.07, 6.45) is -0.373. The summed E-state index contributed by atoms with van der Waals surface area (Å²) in [5.74, 6) is -0.963. The van der Waals surface area contributed by atoms with Gasteiger partial charge < -0.3 is 19.0 Å². The van der Waals surface area contributed by atoms with Crippen molar-refractivity contribution >= 4 is 22.2 Å². The molecular weight excluding hydrogens is 470 g/mol. The third-order valence-electron chi connectivity index (χ3n) is 4.97. The van der Waals surface area contributed by atoms with Crippen LogP contribution in [0.5, 0.6) is 5.75 Å². The fraction of sp³-hybridized carbons (Fsp3) is 0.231. The van der Waals surface area contributed by atoms with Gasteiger partial charge in [-0.2, -0.15) is 8.42 Å². The van der Waals surface area contributed by atoms with Crippen molar-refractivity contribution in [2.24, 2.45) is 5.92 Å². The summed E-state index contributed by atoms with van der Waals surface area (Å²) >= 11 is 0. The Morgan fingerprint density at radius 3 is 2.09 bits per heavy atom. The molecule has 0 radical (unpaired) electrons. The lowest BCUT2D eigenvalue weighted by Gasteiger charge is -2.17. The zero-order chi connectivity index (χ0) is 25.1. The van der Waals surface area contributed by atoms with Gasteiger partial charge in [0.25, 0.3) is 0 Å². The summed E-state index contributed by atoms with van der Waals surface area (Å²) in [6.45, 7) is 2.05. The Bertz CT molecular complexity index is 1200. The average molecular weight is 498 g/mol. The van der Waals surface area contributed by atoms with Gasteiger partial charge in [-0.25, -0.2) is 4.79 Å². The van der Waals surface area contributed by atoms with E-state index < -0.39 is 28.1 Å². The van der Waals surface area contributed by atoms with Crippen LogP contribution < -0.4 is 9.50 Å². The smallest absolute Gasteiger partial charge is 0.407 e. The first-order valence-electron chi connectivity index (χ1n) is 11.1. The fourth-order valence-corrected chi connectivity index (χ4v) is 4.16. The number of ether oxygens (including phenoxy) is 2. The highest BCUT2D eigenvalue weighted by Gasteiger charge is 2.22. The fourth-order valence-electron chi connectivity index (χ4n) is 3.21. The number of benzene rings is 3. The van der Waals surface area contributed by atoms with Gasteiger partial charge in [-0.05, 0) is 48.7 Å². The van der Waals surface area contributed by atoms with Crippen molar-refractivity contribution in [3.63, 3.8) is 0 Å². The number of hydrogen-bond donors (Lipinski definition) is 1. The molecule has 1 amide bonds. The molecule has 1 unspecified atom stereocenters. The number of rotatable bonds is 11. The monoisotopic (exact) mass is 497 g/mol. The van der Waals surface area contributed by atoms with Crippen LogP contribution in [-0.2, 0) is 37.4 Å². The number of carbonyl (C=O) groups excluding carboxylic acids is 2. The molecule has 0 saturated carbocycles. The predicted molar refractivity (Wildman–Crippen MR) is 129 cm³/mol. The SMILES string of the molecule is CCOC(=O)C(CNC(=O)OCc1ccccc1)Cc1ccc(OS(=O)(=O)c2ccccc2)cc1. The highest BCUT2D eigenvalue weighted by molar-refractivity contribution is 7.87. The van der Waals surface area contributed by atoms with Crippen molar-refractivity contribution in [3.05, 3.63) is 96.1 Å². The third-order valence-corrected chi connectivity index (χ3v) is 6.23. The van der Waals surface area contributed by atoms with Crippen LogP contribution in [0.4, 0.5) is 4.79 Å². The molecule has 0 heterocycles. The van der Waals surface area contributed by atoms with E-state index in [4.69, 9.17) is 13.7 Å². The maximum absolute atomic E-state index is 12.4. The number of nitrogens with one attached hydrogen (secondary N) is 1. The normalized spacial score (nSPS) is 11.8. The summed E-state index contributed by atoms with van der Waals surface area (Å²) in [7, 11) is -3.95. The van der Waals surface area contributed by atoms with Gasteiger partial charge in [0.15, 0.2) is 0 Å². The molecular formula is C26H27NO7S. The number of alkyl carbamates (subject to hydrolysis) is 1. The minimum absolute atomic E-state index is 0.0209. The zero-order valence-corrected chi connectivity index (χ0v) is 20.1. The minimum Gasteiger partial charge on any atom is -0.466 e. The van der Waals surface area contributed by atoms with E-state index in [9.17, 15) is 18.0 Å². The standard InChI is InChI=1S/C26H27NO7S/c1-2-32-25(28)22(18-27-26(29)33-19-21-9-5-3-6-10-21)17-20-13-15-23(16-14-20)34-35(30,31)24-11-7-4-8-12-24/h3-16,22H,2,17-19H2,1H3,(H,27,29). The van der Waals surface area contributed by atoms with Gasteiger partial charge in [0.2, 0.25) is 0 Å². The Kier molecular flexibility index (Phi) is 9.25. The third kappa shape index (κ3) is 8.15. The molecule has 3 rings (SSSR count). The molecule has 35 heavy (non-hydrogen) atoms. The van der Waals surface area contributed by atoms with Crippen LogP contribution in [0.3, 0.4) is 0 Å². The molecule has 0 aliphatic carbocycles. The lowest BCUT2D eigenvalue weighted by atomic mass is 9.99. The molecule has 3 aromatic carbocycles. The number of amides is 1. The van der Waals surface area contributed by atoms with Crippen molar-refractivity contribution in [1.29, 1.82) is 0 Å². The number of esters is 1. The largest absolute Gasteiger partial charge is 0.466 e. The molecule has 0 aromatic heterocycles. The molecule has 3 aromatic rings. The highest BCUT2D eigenvalue weighted by atomic mass is 32.2. The van der Waals surface area contributed by atoms with Crippen LogP contribution in [0.15, 0.2) is 89.8 Å². The molecule has 0 aliphatic heterocycles.